The second-order valence-corrected chi connectivity index (χ2v) is 2.34. The molecule has 0 saturated heterocycles. The van der Waals surface area contributed by atoms with Crippen LogP contribution in [0.3, 0.4) is 0 Å². The lowest BCUT2D eigenvalue weighted by atomic mass is 9.96. The zero-order valence-electron chi connectivity index (χ0n) is 4.86. The predicted octanol–water partition coefficient (Wildman–Crippen LogP) is 0.621. The van der Waals surface area contributed by atoms with Crippen LogP contribution in [-0.2, 0) is 0 Å². The van der Waals surface area contributed by atoms with Crippen molar-refractivity contribution in [3.63, 3.8) is 0 Å². The lowest BCUT2D eigenvalue weighted by molar-refractivity contribution is 0.548. The van der Waals surface area contributed by atoms with Crippen molar-refractivity contribution >= 4 is 6.21 Å². The van der Waals surface area contributed by atoms with Crippen molar-refractivity contribution in [3.05, 3.63) is 0 Å². The molecule has 0 bridgehead atoms. The third-order valence-corrected chi connectivity index (χ3v) is 0.917. The maximum Gasteiger partial charge on any atom is 0.0116 e. The minimum atomic E-state index is -0.0972. The molecule has 0 fully saturated rings. The maximum absolute atomic E-state index is 6.80. The van der Waals surface area contributed by atoms with Gasteiger partial charge in [-0.25, -0.2) is 0 Å². The molecule has 0 unspecified atom stereocenters. The Labute approximate surface area is 44.2 Å². The highest BCUT2D eigenvalue weighted by Gasteiger charge is 2.08. The van der Waals surface area contributed by atoms with Crippen LogP contribution in [0.25, 0.3) is 0 Å². The molecule has 42 valence electrons. The van der Waals surface area contributed by atoms with Crippen LogP contribution in [0.1, 0.15) is 13.8 Å². The van der Waals surface area contributed by atoms with Gasteiger partial charge in [-0.3, -0.25) is 0 Å². The van der Waals surface area contributed by atoms with E-state index in [1.807, 2.05) is 13.8 Å². The molecule has 0 aliphatic carbocycles. The Morgan fingerprint density at radius 2 is 2.14 bits per heavy atom. The summed E-state index contributed by atoms with van der Waals surface area (Å²) in [5, 5.41) is 6.80. The minimum absolute atomic E-state index is 0.0972. The van der Waals surface area contributed by atoms with E-state index < -0.39 is 0 Å². The van der Waals surface area contributed by atoms with Crippen LogP contribution in [0, 0.1) is 10.8 Å². The standard InChI is InChI=1S/C5H12N2/c1-5(2,3-6)4-7/h3,6H,4,7H2,1-2H3. The Morgan fingerprint density at radius 1 is 1.71 bits per heavy atom. The first-order valence-electron chi connectivity index (χ1n) is 2.34. The third kappa shape index (κ3) is 2.34. The second kappa shape index (κ2) is 2.07. The van der Waals surface area contributed by atoms with E-state index in [1.165, 1.54) is 6.21 Å². The normalized spacial score (nSPS) is 11.3. The van der Waals surface area contributed by atoms with E-state index in [9.17, 15) is 0 Å². The van der Waals surface area contributed by atoms with E-state index in [4.69, 9.17) is 11.1 Å². The molecule has 3 N–H and O–H groups in total. The van der Waals surface area contributed by atoms with E-state index >= 15 is 0 Å². The highest BCUT2D eigenvalue weighted by Crippen LogP contribution is 2.05. The summed E-state index contributed by atoms with van der Waals surface area (Å²) in [7, 11) is 0. The summed E-state index contributed by atoms with van der Waals surface area (Å²) in [6.07, 6.45) is 1.37. The van der Waals surface area contributed by atoms with Crippen LogP contribution < -0.4 is 5.73 Å². The molecule has 0 radical (unpaired) electrons. The molecule has 0 aliphatic rings. The van der Waals surface area contributed by atoms with E-state index in [1.54, 1.807) is 0 Å². The number of nitrogens with one attached hydrogen (secondary N) is 1. The molecule has 0 heterocycles. The van der Waals surface area contributed by atoms with Crippen molar-refractivity contribution in [1.29, 1.82) is 5.41 Å². The minimum Gasteiger partial charge on any atom is -0.330 e. The number of hydrogen-bond donors (Lipinski definition) is 2. The first-order valence-corrected chi connectivity index (χ1v) is 2.34. The number of nitrogens with two attached hydrogens (primary N) is 1. The highest BCUT2D eigenvalue weighted by atomic mass is 14.6. The van der Waals surface area contributed by atoms with Crippen molar-refractivity contribution in [1.82, 2.24) is 0 Å². The lowest BCUT2D eigenvalue weighted by Crippen LogP contribution is -2.24. The summed E-state index contributed by atoms with van der Waals surface area (Å²) >= 11 is 0. The largest absolute Gasteiger partial charge is 0.330 e. The van der Waals surface area contributed by atoms with Gasteiger partial charge in [0, 0.05) is 18.2 Å². The predicted molar refractivity (Wildman–Crippen MR) is 31.6 cm³/mol. The molecular weight excluding hydrogens is 88.1 g/mol. The van der Waals surface area contributed by atoms with Gasteiger partial charge in [-0.05, 0) is 0 Å². The summed E-state index contributed by atoms with van der Waals surface area (Å²) < 4.78 is 0. The van der Waals surface area contributed by atoms with Crippen molar-refractivity contribution in [2.24, 2.45) is 11.1 Å². The summed E-state index contributed by atoms with van der Waals surface area (Å²) in [6, 6.07) is 0. The van der Waals surface area contributed by atoms with Gasteiger partial charge in [0.25, 0.3) is 0 Å². The fourth-order valence-corrected chi connectivity index (χ4v) is 0.0589. The zero-order chi connectivity index (χ0) is 5.91. The first-order chi connectivity index (χ1) is 3.12. The highest BCUT2D eigenvalue weighted by molar-refractivity contribution is 5.61. The summed E-state index contributed by atoms with van der Waals surface area (Å²) in [6.45, 7) is 4.41. The molecule has 0 aromatic heterocycles. The lowest BCUT2D eigenvalue weighted by Gasteiger charge is -2.13. The molecule has 0 amide bonds. The van der Waals surface area contributed by atoms with Crippen molar-refractivity contribution in [2.75, 3.05) is 6.54 Å². The molecule has 0 saturated carbocycles. The molecule has 0 atom stereocenters. The van der Waals surface area contributed by atoms with Crippen LogP contribution in [0.15, 0.2) is 0 Å². The van der Waals surface area contributed by atoms with Crippen LogP contribution in [0.5, 0.6) is 0 Å². The fourth-order valence-electron chi connectivity index (χ4n) is 0.0589. The molecule has 2 nitrogen and oxygen atoms in total. The summed E-state index contributed by atoms with van der Waals surface area (Å²) in [5.74, 6) is 0. The van der Waals surface area contributed by atoms with Gasteiger partial charge >= 0.3 is 0 Å². The van der Waals surface area contributed by atoms with E-state index in [0.29, 0.717) is 6.54 Å². The Balaban J connectivity index is 3.58. The smallest absolute Gasteiger partial charge is 0.0116 e. The Hall–Kier alpha value is -0.370. The number of hydrogen-bond acceptors (Lipinski definition) is 2. The van der Waals surface area contributed by atoms with Gasteiger partial charge in [0.05, 0.1) is 0 Å². The second-order valence-electron chi connectivity index (χ2n) is 2.34. The van der Waals surface area contributed by atoms with Gasteiger partial charge in [0.1, 0.15) is 0 Å². The van der Waals surface area contributed by atoms with Gasteiger partial charge in [-0.1, -0.05) is 13.8 Å². The van der Waals surface area contributed by atoms with Crippen LogP contribution in [0.4, 0.5) is 0 Å². The average Bonchev–Trinajstić information content (AvgIpc) is 1.68. The topological polar surface area (TPSA) is 49.9 Å². The molecule has 0 aromatic rings. The van der Waals surface area contributed by atoms with Crippen LogP contribution in [0.2, 0.25) is 0 Å². The maximum atomic E-state index is 6.80. The van der Waals surface area contributed by atoms with Crippen LogP contribution in [-0.4, -0.2) is 12.8 Å². The summed E-state index contributed by atoms with van der Waals surface area (Å²) in [4.78, 5) is 0. The molecule has 0 aromatic carbocycles. The molecule has 0 spiro atoms. The Morgan fingerprint density at radius 3 is 2.14 bits per heavy atom. The molecular formula is C5H12N2. The van der Waals surface area contributed by atoms with Gasteiger partial charge in [0.15, 0.2) is 0 Å². The monoisotopic (exact) mass is 100 g/mol. The third-order valence-electron chi connectivity index (χ3n) is 0.917. The molecule has 0 rings (SSSR count). The van der Waals surface area contributed by atoms with Crippen molar-refractivity contribution in [3.8, 4) is 0 Å². The Bertz CT molecular complexity index is 66.5. The number of rotatable bonds is 2. The van der Waals surface area contributed by atoms with E-state index in [2.05, 4.69) is 0 Å². The van der Waals surface area contributed by atoms with E-state index in [-0.39, 0.29) is 5.41 Å². The van der Waals surface area contributed by atoms with E-state index in [0.717, 1.165) is 0 Å². The van der Waals surface area contributed by atoms with Crippen molar-refractivity contribution in [2.45, 2.75) is 13.8 Å². The average molecular weight is 100 g/mol. The Kier molecular flexibility index (Phi) is 1.96. The quantitative estimate of drug-likeness (QED) is 0.491. The van der Waals surface area contributed by atoms with Crippen molar-refractivity contribution < 1.29 is 0 Å². The van der Waals surface area contributed by atoms with Gasteiger partial charge in [0.2, 0.25) is 0 Å². The molecule has 7 heavy (non-hydrogen) atoms. The van der Waals surface area contributed by atoms with Gasteiger partial charge in [-0.15, -0.1) is 0 Å². The zero-order valence-corrected chi connectivity index (χ0v) is 4.86. The first kappa shape index (κ1) is 6.63. The van der Waals surface area contributed by atoms with Gasteiger partial charge < -0.3 is 11.1 Å². The van der Waals surface area contributed by atoms with Crippen LogP contribution >= 0.6 is 0 Å². The SMILES string of the molecule is CC(C)(C=N)CN. The summed E-state index contributed by atoms with van der Waals surface area (Å²) in [5.41, 5.74) is 5.17. The molecule has 2 heteroatoms. The molecule has 0 aliphatic heterocycles. The fraction of sp³-hybridized carbons (Fsp3) is 0.800. The van der Waals surface area contributed by atoms with Gasteiger partial charge in [-0.2, -0.15) is 0 Å².